The second-order valence-corrected chi connectivity index (χ2v) is 6.45. The maximum absolute atomic E-state index is 11.8. The summed E-state index contributed by atoms with van der Waals surface area (Å²) in [5.41, 5.74) is 0. The summed E-state index contributed by atoms with van der Waals surface area (Å²) in [5, 5.41) is 0. The lowest BCUT2D eigenvalue weighted by atomic mass is 9.91. The van der Waals surface area contributed by atoms with Crippen LogP contribution in [0.5, 0.6) is 0 Å². The Labute approximate surface area is 103 Å². The molecule has 17 heavy (non-hydrogen) atoms. The van der Waals surface area contributed by atoms with Gasteiger partial charge in [-0.05, 0) is 25.7 Å². The van der Waals surface area contributed by atoms with Gasteiger partial charge >= 0.3 is 5.97 Å². The van der Waals surface area contributed by atoms with Gasteiger partial charge in [0.1, 0.15) is 6.04 Å². The second-order valence-electron chi connectivity index (χ2n) is 4.65. The first-order valence-corrected chi connectivity index (χ1v) is 7.67. The molecule has 1 aliphatic rings. The average Bonchev–Trinajstić information content (AvgIpc) is 2.27. The van der Waals surface area contributed by atoms with Crippen molar-refractivity contribution < 1.29 is 17.9 Å². The Kier molecular flexibility index (Phi) is 5.39. The zero-order valence-electron chi connectivity index (χ0n) is 10.4. The van der Waals surface area contributed by atoms with Crippen molar-refractivity contribution in [3.05, 3.63) is 0 Å². The maximum atomic E-state index is 11.8. The van der Waals surface area contributed by atoms with E-state index < -0.39 is 22.0 Å². The predicted molar refractivity (Wildman–Crippen MR) is 65.0 cm³/mol. The van der Waals surface area contributed by atoms with Crippen molar-refractivity contribution in [2.24, 2.45) is 5.92 Å². The van der Waals surface area contributed by atoms with Crippen molar-refractivity contribution in [2.45, 2.75) is 45.1 Å². The third kappa shape index (κ3) is 5.04. The van der Waals surface area contributed by atoms with Gasteiger partial charge in [0.25, 0.3) is 0 Å². The van der Waals surface area contributed by atoms with E-state index in [-0.39, 0.29) is 11.7 Å². The summed E-state index contributed by atoms with van der Waals surface area (Å²) < 4.78 is 30.5. The SMILES string of the molecule is COC(=O)C(C)NS(=O)(=O)CC1CCCCC1. The highest BCUT2D eigenvalue weighted by molar-refractivity contribution is 7.89. The Balaban J connectivity index is 2.47. The molecule has 1 N–H and O–H groups in total. The van der Waals surface area contributed by atoms with Crippen molar-refractivity contribution in [1.82, 2.24) is 4.72 Å². The number of carbonyl (C=O) groups is 1. The van der Waals surface area contributed by atoms with Crippen LogP contribution >= 0.6 is 0 Å². The number of ether oxygens (including phenoxy) is 1. The molecule has 0 aromatic heterocycles. The molecular formula is C11H21NO4S. The van der Waals surface area contributed by atoms with Crippen molar-refractivity contribution in [3.63, 3.8) is 0 Å². The third-order valence-electron chi connectivity index (χ3n) is 3.09. The minimum absolute atomic E-state index is 0.119. The normalized spacial score (nSPS) is 19.9. The molecule has 6 heteroatoms. The van der Waals surface area contributed by atoms with Crippen molar-refractivity contribution in [1.29, 1.82) is 0 Å². The number of sulfonamides is 1. The van der Waals surface area contributed by atoms with Crippen LogP contribution in [0, 0.1) is 5.92 Å². The van der Waals surface area contributed by atoms with Crippen LogP contribution in [-0.2, 0) is 19.6 Å². The van der Waals surface area contributed by atoms with Gasteiger partial charge in [-0.25, -0.2) is 13.1 Å². The maximum Gasteiger partial charge on any atom is 0.323 e. The van der Waals surface area contributed by atoms with Crippen LogP contribution in [0.2, 0.25) is 0 Å². The zero-order valence-corrected chi connectivity index (χ0v) is 11.3. The zero-order chi connectivity index (χ0) is 12.9. The largest absolute Gasteiger partial charge is 0.468 e. The molecular weight excluding hydrogens is 242 g/mol. The molecule has 1 atom stereocenters. The summed E-state index contributed by atoms with van der Waals surface area (Å²) in [5.74, 6) is -0.211. The van der Waals surface area contributed by atoms with Gasteiger partial charge in [0.2, 0.25) is 10.0 Å². The van der Waals surface area contributed by atoms with Crippen LogP contribution < -0.4 is 4.72 Å². The van der Waals surface area contributed by atoms with E-state index in [2.05, 4.69) is 9.46 Å². The lowest BCUT2D eigenvalue weighted by molar-refractivity contribution is -0.142. The Morgan fingerprint density at radius 2 is 1.94 bits per heavy atom. The van der Waals surface area contributed by atoms with E-state index in [1.54, 1.807) is 0 Å². The summed E-state index contributed by atoms with van der Waals surface area (Å²) >= 11 is 0. The summed E-state index contributed by atoms with van der Waals surface area (Å²) in [6, 6.07) is -0.811. The van der Waals surface area contributed by atoms with Crippen LogP contribution in [0.1, 0.15) is 39.0 Å². The van der Waals surface area contributed by atoms with E-state index in [4.69, 9.17) is 0 Å². The molecule has 0 aliphatic heterocycles. The van der Waals surface area contributed by atoms with E-state index in [1.807, 2.05) is 0 Å². The smallest absolute Gasteiger partial charge is 0.323 e. The minimum Gasteiger partial charge on any atom is -0.468 e. The van der Waals surface area contributed by atoms with Crippen LogP contribution in [-0.4, -0.2) is 33.3 Å². The molecule has 5 nitrogen and oxygen atoms in total. The number of nitrogens with one attached hydrogen (secondary N) is 1. The number of methoxy groups -OCH3 is 1. The fourth-order valence-corrected chi connectivity index (χ4v) is 3.89. The molecule has 1 unspecified atom stereocenters. The van der Waals surface area contributed by atoms with E-state index >= 15 is 0 Å². The Hall–Kier alpha value is -0.620. The molecule has 0 bridgehead atoms. The first kappa shape index (κ1) is 14.4. The van der Waals surface area contributed by atoms with Gasteiger partial charge in [-0.2, -0.15) is 0 Å². The number of carbonyl (C=O) groups excluding carboxylic acids is 1. The first-order chi connectivity index (χ1) is 7.94. The monoisotopic (exact) mass is 263 g/mol. The molecule has 0 heterocycles. The van der Waals surface area contributed by atoms with Crippen molar-refractivity contribution in [3.8, 4) is 0 Å². The summed E-state index contributed by atoms with van der Waals surface area (Å²) in [4.78, 5) is 11.1. The van der Waals surface area contributed by atoms with Gasteiger partial charge in [-0.15, -0.1) is 0 Å². The topological polar surface area (TPSA) is 72.5 Å². The van der Waals surface area contributed by atoms with Crippen LogP contribution in [0.3, 0.4) is 0 Å². The molecule has 1 rings (SSSR count). The molecule has 0 spiro atoms. The molecule has 0 amide bonds. The Morgan fingerprint density at radius 3 is 2.47 bits per heavy atom. The fraction of sp³-hybridized carbons (Fsp3) is 0.909. The van der Waals surface area contributed by atoms with Crippen LogP contribution in [0.4, 0.5) is 0 Å². The van der Waals surface area contributed by atoms with Gasteiger partial charge in [-0.3, -0.25) is 4.79 Å². The minimum atomic E-state index is -3.39. The molecule has 1 fully saturated rings. The highest BCUT2D eigenvalue weighted by Gasteiger charge is 2.25. The Morgan fingerprint density at radius 1 is 1.35 bits per heavy atom. The standard InChI is InChI=1S/C11H21NO4S/c1-9(11(13)16-2)12-17(14,15)8-10-6-4-3-5-7-10/h9-10,12H,3-8H2,1-2H3. The van der Waals surface area contributed by atoms with Crippen molar-refractivity contribution >= 4 is 16.0 Å². The molecule has 0 radical (unpaired) electrons. The molecule has 100 valence electrons. The lowest BCUT2D eigenvalue weighted by Crippen LogP contribution is -2.41. The van der Waals surface area contributed by atoms with Crippen molar-refractivity contribution in [2.75, 3.05) is 12.9 Å². The quantitative estimate of drug-likeness (QED) is 0.752. The third-order valence-corrected chi connectivity index (χ3v) is 4.71. The molecule has 0 aromatic carbocycles. The molecule has 0 aromatic rings. The van der Waals surface area contributed by atoms with Gasteiger partial charge in [0.05, 0.1) is 12.9 Å². The summed E-state index contributed by atoms with van der Waals surface area (Å²) in [7, 11) is -2.14. The predicted octanol–water partition coefficient (Wildman–Crippen LogP) is 1.05. The number of hydrogen-bond acceptors (Lipinski definition) is 4. The molecule has 1 aliphatic carbocycles. The van der Waals surface area contributed by atoms with E-state index in [1.165, 1.54) is 20.5 Å². The number of esters is 1. The van der Waals surface area contributed by atoms with Gasteiger partial charge in [0.15, 0.2) is 0 Å². The number of hydrogen-bond donors (Lipinski definition) is 1. The summed E-state index contributed by atoms with van der Waals surface area (Å²) in [6.45, 7) is 1.49. The molecule has 1 saturated carbocycles. The molecule has 0 saturated heterocycles. The van der Waals surface area contributed by atoms with Gasteiger partial charge in [0, 0.05) is 0 Å². The van der Waals surface area contributed by atoms with Gasteiger partial charge in [-0.1, -0.05) is 19.3 Å². The Bertz CT molecular complexity index is 346. The van der Waals surface area contributed by atoms with E-state index in [9.17, 15) is 13.2 Å². The van der Waals surface area contributed by atoms with Crippen LogP contribution in [0.25, 0.3) is 0 Å². The first-order valence-electron chi connectivity index (χ1n) is 6.02. The lowest BCUT2D eigenvalue weighted by Gasteiger charge is -2.22. The van der Waals surface area contributed by atoms with Gasteiger partial charge < -0.3 is 4.74 Å². The highest BCUT2D eigenvalue weighted by Crippen LogP contribution is 2.24. The number of rotatable bonds is 5. The average molecular weight is 263 g/mol. The van der Waals surface area contributed by atoms with Crippen LogP contribution in [0.15, 0.2) is 0 Å². The summed E-state index contributed by atoms with van der Waals surface area (Å²) in [6.07, 6.45) is 5.34. The second kappa shape index (κ2) is 6.35. The fourth-order valence-electron chi connectivity index (χ4n) is 2.21. The van der Waals surface area contributed by atoms with E-state index in [0.29, 0.717) is 0 Å². The van der Waals surface area contributed by atoms with E-state index in [0.717, 1.165) is 25.7 Å². The highest BCUT2D eigenvalue weighted by atomic mass is 32.2.